The van der Waals surface area contributed by atoms with Gasteiger partial charge < -0.3 is 20.1 Å². The number of H-pyrrole nitrogens is 1. The molecule has 3 aromatic rings. The maximum absolute atomic E-state index is 13.4. The van der Waals surface area contributed by atoms with Crippen LogP contribution in [0.1, 0.15) is 47.7 Å². The smallest absolute Gasteiger partial charge is 0.293 e. The van der Waals surface area contributed by atoms with E-state index in [4.69, 9.17) is 4.74 Å². The van der Waals surface area contributed by atoms with E-state index in [1.807, 2.05) is 36.4 Å². The standard InChI is InChI=1S/C30H35FN4O3/c1-30(2,20-31)34-18-26(17-27-28(36)29(37)33-21-32-27)25-11-9-23(10-12-25)4-3-22-5-7-24(8-6-22)19-35-13-15-38-16-14-35/h5-12,21,26,34,36H,13-20H2,1-2H3,(H,32,33,37)/t26-/m1/s1. The number of alkyl halides is 1. The fourth-order valence-corrected chi connectivity index (χ4v) is 4.26. The Balaban J connectivity index is 1.45. The molecule has 0 amide bonds. The maximum atomic E-state index is 13.4. The molecule has 1 atom stereocenters. The Kier molecular flexibility index (Phi) is 9.29. The van der Waals surface area contributed by atoms with Crippen molar-refractivity contribution in [2.24, 2.45) is 0 Å². The molecule has 2 aromatic carbocycles. The van der Waals surface area contributed by atoms with E-state index in [2.05, 4.69) is 44.2 Å². The molecule has 0 aliphatic carbocycles. The van der Waals surface area contributed by atoms with Gasteiger partial charge in [0.25, 0.3) is 5.56 Å². The van der Waals surface area contributed by atoms with E-state index < -0.39 is 17.8 Å². The summed E-state index contributed by atoms with van der Waals surface area (Å²) in [6.07, 6.45) is 1.61. The van der Waals surface area contributed by atoms with Crippen LogP contribution in [0, 0.1) is 11.8 Å². The first-order valence-electron chi connectivity index (χ1n) is 12.9. The lowest BCUT2D eigenvalue weighted by molar-refractivity contribution is 0.0342. The normalized spacial score (nSPS) is 15.0. The van der Waals surface area contributed by atoms with Crippen molar-refractivity contribution >= 4 is 0 Å². The zero-order chi connectivity index (χ0) is 27.0. The number of aromatic amines is 1. The number of hydrogen-bond acceptors (Lipinski definition) is 6. The summed E-state index contributed by atoms with van der Waals surface area (Å²) >= 11 is 0. The summed E-state index contributed by atoms with van der Waals surface area (Å²) in [6, 6.07) is 16.2. The van der Waals surface area contributed by atoms with Crippen molar-refractivity contribution in [3.63, 3.8) is 0 Å². The molecule has 4 rings (SSSR count). The molecule has 0 radical (unpaired) electrons. The molecule has 1 aliphatic heterocycles. The van der Waals surface area contributed by atoms with Gasteiger partial charge in [-0.25, -0.2) is 9.37 Å². The molecule has 200 valence electrons. The molecule has 8 heteroatoms. The number of nitrogens with zero attached hydrogens (tertiary/aromatic N) is 2. The third kappa shape index (κ3) is 7.75. The molecule has 7 nitrogen and oxygen atoms in total. The lowest BCUT2D eigenvalue weighted by Crippen LogP contribution is -2.43. The Morgan fingerprint density at radius 1 is 1.11 bits per heavy atom. The van der Waals surface area contributed by atoms with Crippen LogP contribution in [0.25, 0.3) is 0 Å². The molecular weight excluding hydrogens is 483 g/mol. The molecule has 3 N–H and O–H groups in total. The second-order valence-corrected chi connectivity index (χ2v) is 10.3. The van der Waals surface area contributed by atoms with Crippen LogP contribution in [-0.4, -0.2) is 65.0 Å². The van der Waals surface area contributed by atoms with Gasteiger partial charge >= 0.3 is 0 Å². The van der Waals surface area contributed by atoms with Crippen LogP contribution >= 0.6 is 0 Å². The van der Waals surface area contributed by atoms with Gasteiger partial charge in [-0.05, 0) is 49.2 Å². The first kappa shape index (κ1) is 27.5. The van der Waals surface area contributed by atoms with Crippen molar-refractivity contribution in [2.45, 2.75) is 38.3 Å². The number of morpholine rings is 1. The molecular formula is C30H35FN4O3. The summed E-state index contributed by atoms with van der Waals surface area (Å²) in [5.74, 6) is 5.92. The topological polar surface area (TPSA) is 90.5 Å². The minimum atomic E-state index is -0.689. The lowest BCUT2D eigenvalue weighted by Gasteiger charge is -2.26. The zero-order valence-corrected chi connectivity index (χ0v) is 22.0. The van der Waals surface area contributed by atoms with E-state index >= 15 is 0 Å². The van der Waals surface area contributed by atoms with Crippen molar-refractivity contribution in [3.8, 4) is 17.6 Å². The molecule has 1 aliphatic rings. The Bertz CT molecular complexity index is 1300. The summed E-state index contributed by atoms with van der Waals surface area (Å²) in [7, 11) is 0. The van der Waals surface area contributed by atoms with Crippen LogP contribution in [0.4, 0.5) is 4.39 Å². The molecule has 38 heavy (non-hydrogen) atoms. The van der Waals surface area contributed by atoms with Crippen LogP contribution in [0.3, 0.4) is 0 Å². The minimum Gasteiger partial charge on any atom is -0.502 e. The molecule has 1 fully saturated rings. The fraction of sp³-hybridized carbons (Fsp3) is 0.400. The third-order valence-electron chi connectivity index (χ3n) is 6.70. The summed E-state index contributed by atoms with van der Waals surface area (Å²) in [6.45, 7) is 7.95. The highest BCUT2D eigenvalue weighted by Crippen LogP contribution is 2.24. The third-order valence-corrected chi connectivity index (χ3v) is 6.70. The van der Waals surface area contributed by atoms with Gasteiger partial charge in [-0.2, -0.15) is 0 Å². The largest absolute Gasteiger partial charge is 0.502 e. The SMILES string of the molecule is CC(C)(CF)NC[C@@H](Cc1nc[nH]c(=O)c1O)c1ccc(C#Cc2ccc(CN3CCOCC3)cc2)cc1. The Morgan fingerprint density at radius 2 is 1.74 bits per heavy atom. The second-order valence-electron chi connectivity index (χ2n) is 10.3. The van der Waals surface area contributed by atoms with E-state index in [0.29, 0.717) is 18.7 Å². The van der Waals surface area contributed by atoms with Gasteiger partial charge in [0.2, 0.25) is 5.75 Å². The molecule has 0 saturated carbocycles. The number of nitrogens with one attached hydrogen (secondary N) is 2. The van der Waals surface area contributed by atoms with Gasteiger partial charge in [0.1, 0.15) is 6.67 Å². The van der Waals surface area contributed by atoms with Crippen molar-refractivity contribution in [2.75, 3.05) is 39.5 Å². The molecule has 1 saturated heterocycles. The van der Waals surface area contributed by atoms with E-state index in [0.717, 1.165) is 49.5 Å². The van der Waals surface area contributed by atoms with Gasteiger partial charge in [-0.3, -0.25) is 9.69 Å². The Morgan fingerprint density at radius 3 is 2.37 bits per heavy atom. The van der Waals surface area contributed by atoms with Crippen LogP contribution < -0.4 is 10.9 Å². The van der Waals surface area contributed by atoms with Crippen LogP contribution in [-0.2, 0) is 17.7 Å². The van der Waals surface area contributed by atoms with Crippen molar-refractivity contribution < 1.29 is 14.2 Å². The number of benzene rings is 2. The fourth-order valence-electron chi connectivity index (χ4n) is 4.26. The van der Waals surface area contributed by atoms with Crippen LogP contribution in [0.5, 0.6) is 5.75 Å². The molecule has 0 bridgehead atoms. The number of ether oxygens (including phenoxy) is 1. The summed E-state index contributed by atoms with van der Waals surface area (Å²) in [5.41, 5.74) is 3.10. The van der Waals surface area contributed by atoms with Crippen molar-refractivity contribution in [3.05, 3.63) is 93.2 Å². The number of aromatic nitrogens is 2. The van der Waals surface area contributed by atoms with Gasteiger partial charge in [0.05, 0.1) is 25.2 Å². The average molecular weight is 519 g/mol. The first-order valence-corrected chi connectivity index (χ1v) is 12.9. The highest BCUT2D eigenvalue weighted by Gasteiger charge is 2.22. The molecule has 2 heterocycles. The van der Waals surface area contributed by atoms with Gasteiger partial charge in [-0.15, -0.1) is 0 Å². The molecule has 0 unspecified atom stereocenters. The summed E-state index contributed by atoms with van der Waals surface area (Å²) in [5, 5.41) is 13.4. The maximum Gasteiger partial charge on any atom is 0.293 e. The van der Waals surface area contributed by atoms with E-state index in [9.17, 15) is 14.3 Å². The van der Waals surface area contributed by atoms with Gasteiger partial charge in [-0.1, -0.05) is 36.1 Å². The quantitative estimate of drug-likeness (QED) is 0.377. The molecule has 1 aromatic heterocycles. The minimum absolute atomic E-state index is 0.137. The van der Waals surface area contributed by atoms with E-state index in [1.165, 1.54) is 11.9 Å². The van der Waals surface area contributed by atoms with Crippen molar-refractivity contribution in [1.82, 2.24) is 20.2 Å². The zero-order valence-electron chi connectivity index (χ0n) is 22.0. The monoisotopic (exact) mass is 518 g/mol. The van der Waals surface area contributed by atoms with Gasteiger partial charge in [0, 0.05) is 55.2 Å². The Labute approximate surface area is 223 Å². The number of halogens is 1. The highest BCUT2D eigenvalue weighted by atomic mass is 19.1. The number of hydrogen-bond donors (Lipinski definition) is 3. The van der Waals surface area contributed by atoms with E-state index in [1.54, 1.807) is 13.8 Å². The molecule has 0 spiro atoms. The lowest BCUT2D eigenvalue weighted by atomic mass is 9.92. The van der Waals surface area contributed by atoms with E-state index in [-0.39, 0.29) is 11.7 Å². The predicted molar refractivity (Wildman–Crippen MR) is 146 cm³/mol. The summed E-state index contributed by atoms with van der Waals surface area (Å²) < 4.78 is 18.8. The van der Waals surface area contributed by atoms with Crippen molar-refractivity contribution in [1.29, 1.82) is 0 Å². The second kappa shape index (κ2) is 12.8. The van der Waals surface area contributed by atoms with Crippen LogP contribution in [0.15, 0.2) is 59.7 Å². The summed E-state index contributed by atoms with van der Waals surface area (Å²) in [4.78, 5) is 20.7. The first-order chi connectivity index (χ1) is 18.3. The number of rotatable bonds is 9. The van der Waals surface area contributed by atoms with Crippen LogP contribution in [0.2, 0.25) is 0 Å². The highest BCUT2D eigenvalue weighted by molar-refractivity contribution is 5.44. The predicted octanol–water partition coefficient (Wildman–Crippen LogP) is 3.37. The Hall–Kier alpha value is -3.51. The number of aromatic hydroxyl groups is 1. The average Bonchev–Trinajstić information content (AvgIpc) is 2.94. The van der Waals surface area contributed by atoms with Gasteiger partial charge in [0.15, 0.2) is 0 Å².